The molecule has 1 aromatic rings. The molecule has 1 heterocycles. The average molecular weight is 291 g/mol. The molecular formula is C13H13N3O5. The molecule has 8 nitrogen and oxygen atoms in total. The van der Waals surface area contributed by atoms with E-state index in [2.05, 4.69) is 5.10 Å². The number of hydrogen-bond acceptors (Lipinski definition) is 5. The molecule has 0 aromatic heterocycles. The molecule has 1 aliphatic rings. The number of hydrogen-bond donors (Lipinski definition) is 1. The molecule has 1 aromatic carbocycles. The number of anilines is 1. The van der Waals surface area contributed by atoms with E-state index < -0.39 is 16.8 Å². The van der Waals surface area contributed by atoms with Crippen LogP contribution in [-0.4, -0.2) is 27.6 Å². The van der Waals surface area contributed by atoms with Crippen molar-refractivity contribution in [2.45, 2.75) is 19.8 Å². The first-order valence-electron chi connectivity index (χ1n) is 6.25. The zero-order chi connectivity index (χ0) is 15.6. The summed E-state index contributed by atoms with van der Waals surface area (Å²) in [5.74, 6) is -1.84. The number of amides is 1. The number of carboxylic acid groups (broad SMARTS) is 1. The quantitative estimate of drug-likeness (QED) is 0.656. The molecule has 0 radical (unpaired) electrons. The molecular weight excluding hydrogens is 278 g/mol. The van der Waals surface area contributed by atoms with Gasteiger partial charge < -0.3 is 5.11 Å². The minimum Gasteiger partial charge on any atom is -0.481 e. The zero-order valence-corrected chi connectivity index (χ0v) is 11.2. The molecule has 8 heteroatoms. The minimum absolute atomic E-state index is 0.0754. The van der Waals surface area contributed by atoms with Gasteiger partial charge in [0.25, 0.3) is 11.6 Å². The second kappa shape index (κ2) is 5.70. The fourth-order valence-corrected chi connectivity index (χ4v) is 2.10. The number of rotatable bonds is 5. The summed E-state index contributed by atoms with van der Waals surface area (Å²) >= 11 is 0. The van der Waals surface area contributed by atoms with E-state index in [1.54, 1.807) is 6.92 Å². The number of carboxylic acids is 1. The summed E-state index contributed by atoms with van der Waals surface area (Å²) < 4.78 is 0. The number of carbonyl (C=O) groups is 2. The van der Waals surface area contributed by atoms with Gasteiger partial charge in [-0.1, -0.05) is 0 Å². The first-order chi connectivity index (χ1) is 9.90. The smallest absolute Gasteiger partial charge is 0.303 e. The SMILES string of the molecule is CC1=NN(c2ccc([N+](=O)[O-])cc2)C(=O)[C@H]1CCC(=O)O. The van der Waals surface area contributed by atoms with Crippen LogP contribution in [0.1, 0.15) is 19.8 Å². The van der Waals surface area contributed by atoms with Crippen molar-refractivity contribution in [1.82, 2.24) is 0 Å². The van der Waals surface area contributed by atoms with Gasteiger partial charge in [-0.2, -0.15) is 5.10 Å². The van der Waals surface area contributed by atoms with Crippen LogP contribution in [0.15, 0.2) is 29.4 Å². The van der Waals surface area contributed by atoms with Crippen molar-refractivity contribution in [1.29, 1.82) is 0 Å². The van der Waals surface area contributed by atoms with Crippen molar-refractivity contribution in [2.24, 2.45) is 11.0 Å². The summed E-state index contributed by atoms with van der Waals surface area (Å²) in [6, 6.07) is 5.45. The summed E-state index contributed by atoms with van der Waals surface area (Å²) in [5.41, 5.74) is 0.885. The molecule has 0 saturated carbocycles. The molecule has 0 spiro atoms. The van der Waals surface area contributed by atoms with Crippen LogP contribution in [0, 0.1) is 16.0 Å². The Labute approximate surface area is 119 Å². The monoisotopic (exact) mass is 291 g/mol. The Kier molecular flexibility index (Phi) is 3.97. The van der Waals surface area contributed by atoms with Gasteiger partial charge in [-0.3, -0.25) is 19.7 Å². The highest BCUT2D eigenvalue weighted by Crippen LogP contribution is 2.27. The number of carbonyl (C=O) groups excluding carboxylic acids is 1. The third-order valence-electron chi connectivity index (χ3n) is 3.22. The number of benzene rings is 1. The topological polar surface area (TPSA) is 113 Å². The maximum absolute atomic E-state index is 12.2. The van der Waals surface area contributed by atoms with Crippen molar-refractivity contribution in [3.63, 3.8) is 0 Å². The molecule has 1 amide bonds. The fourth-order valence-electron chi connectivity index (χ4n) is 2.10. The highest BCUT2D eigenvalue weighted by atomic mass is 16.6. The Morgan fingerprint density at radius 2 is 2.05 bits per heavy atom. The largest absolute Gasteiger partial charge is 0.481 e. The summed E-state index contributed by atoms with van der Waals surface area (Å²) in [5, 5.41) is 24.5. The molecule has 0 fully saturated rings. The highest BCUT2D eigenvalue weighted by molar-refractivity contribution is 6.14. The van der Waals surface area contributed by atoms with Crippen LogP contribution in [0.25, 0.3) is 0 Å². The van der Waals surface area contributed by atoms with Gasteiger partial charge in [-0.05, 0) is 25.5 Å². The van der Waals surface area contributed by atoms with Gasteiger partial charge in [0, 0.05) is 24.3 Å². The van der Waals surface area contributed by atoms with E-state index >= 15 is 0 Å². The number of aliphatic carboxylic acids is 1. The second-order valence-corrected chi connectivity index (χ2v) is 4.65. The van der Waals surface area contributed by atoms with Crippen LogP contribution in [-0.2, 0) is 9.59 Å². The molecule has 0 aliphatic carbocycles. The number of non-ortho nitro benzene ring substituents is 1. The standard InChI is InChI=1S/C13H13N3O5/c1-8-11(6-7-12(17)18)13(19)15(14-8)9-2-4-10(5-3-9)16(20)21/h2-5,11H,6-7H2,1H3,(H,17,18)/t11-/m0/s1. The van der Waals surface area contributed by atoms with Gasteiger partial charge in [0.15, 0.2) is 0 Å². The molecule has 1 aliphatic heterocycles. The van der Waals surface area contributed by atoms with Crippen LogP contribution in [0.4, 0.5) is 11.4 Å². The predicted octanol–water partition coefficient (Wildman–Crippen LogP) is 1.80. The van der Waals surface area contributed by atoms with Crippen LogP contribution in [0.5, 0.6) is 0 Å². The van der Waals surface area contributed by atoms with Crippen molar-refractivity contribution in [3.8, 4) is 0 Å². The number of hydrazone groups is 1. The lowest BCUT2D eigenvalue weighted by molar-refractivity contribution is -0.384. The summed E-state index contributed by atoms with van der Waals surface area (Å²) in [7, 11) is 0. The first-order valence-corrected chi connectivity index (χ1v) is 6.25. The van der Waals surface area contributed by atoms with Crippen LogP contribution in [0.3, 0.4) is 0 Å². The van der Waals surface area contributed by atoms with Gasteiger partial charge in [0.1, 0.15) is 0 Å². The van der Waals surface area contributed by atoms with E-state index in [9.17, 15) is 19.7 Å². The maximum atomic E-state index is 12.2. The summed E-state index contributed by atoms with van der Waals surface area (Å²) in [6.07, 6.45) is 0.0738. The van der Waals surface area contributed by atoms with Crippen LogP contribution in [0.2, 0.25) is 0 Å². The fraction of sp³-hybridized carbons (Fsp3) is 0.308. The lowest BCUT2D eigenvalue weighted by atomic mass is 9.98. The molecule has 0 unspecified atom stereocenters. The third kappa shape index (κ3) is 3.04. The van der Waals surface area contributed by atoms with Crippen LogP contribution < -0.4 is 5.01 Å². The van der Waals surface area contributed by atoms with Crippen molar-refractivity contribution in [3.05, 3.63) is 34.4 Å². The summed E-state index contributed by atoms with van der Waals surface area (Å²) in [4.78, 5) is 32.9. The van der Waals surface area contributed by atoms with E-state index in [1.807, 2.05) is 0 Å². The summed E-state index contributed by atoms with van der Waals surface area (Å²) in [6.45, 7) is 1.66. The maximum Gasteiger partial charge on any atom is 0.303 e. The van der Waals surface area contributed by atoms with E-state index in [1.165, 1.54) is 24.3 Å². The van der Waals surface area contributed by atoms with Crippen molar-refractivity contribution in [2.75, 3.05) is 5.01 Å². The Balaban J connectivity index is 2.16. The van der Waals surface area contributed by atoms with Crippen molar-refractivity contribution < 1.29 is 19.6 Å². The van der Waals surface area contributed by atoms with E-state index in [4.69, 9.17) is 5.11 Å². The molecule has 0 saturated heterocycles. The van der Waals surface area contributed by atoms with Gasteiger partial charge in [-0.25, -0.2) is 5.01 Å². The Hall–Kier alpha value is -2.77. The van der Waals surface area contributed by atoms with Gasteiger partial charge in [-0.15, -0.1) is 0 Å². The second-order valence-electron chi connectivity index (χ2n) is 4.65. The highest BCUT2D eigenvalue weighted by Gasteiger charge is 2.34. The van der Waals surface area contributed by atoms with E-state index in [-0.39, 0.29) is 24.4 Å². The third-order valence-corrected chi connectivity index (χ3v) is 3.22. The average Bonchev–Trinajstić information content (AvgIpc) is 2.72. The molecule has 1 atom stereocenters. The minimum atomic E-state index is -0.968. The lowest BCUT2D eigenvalue weighted by Crippen LogP contribution is -2.27. The van der Waals surface area contributed by atoms with Gasteiger partial charge in [0.05, 0.1) is 16.5 Å². The predicted molar refractivity (Wildman–Crippen MR) is 74.1 cm³/mol. The Morgan fingerprint density at radius 1 is 1.43 bits per heavy atom. The Bertz CT molecular complexity index is 623. The van der Waals surface area contributed by atoms with Crippen molar-refractivity contribution >= 4 is 29.0 Å². The number of nitrogens with zero attached hydrogens (tertiary/aromatic N) is 3. The molecule has 2 rings (SSSR count). The number of nitro groups is 1. The lowest BCUT2D eigenvalue weighted by Gasteiger charge is -2.13. The van der Waals surface area contributed by atoms with E-state index in [0.717, 1.165) is 5.01 Å². The van der Waals surface area contributed by atoms with Gasteiger partial charge in [0.2, 0.25) is 0 Å². The van der Waals surface area contributed by atoms with Crippen LogP contribution >= 0.6 is 0 Å². The first kappa shape index (κ1) is 14.6. The molecule has 1 N–H and O–H groups in total. The van der Waals surface area contributed by atoms with Gasteiger partial charge >= 0.3 is 5.97 Å². The normalized spacial score (nSPS) is 17.8. The number of nitro benzene ring substituents is 1. The molecule has 0 bridgehead atoms. The van der Waals surface area contributed by atoms with E-state index in [0.29, 0.717) is 11.4 Å². The molecule has 21 heavy (non-hydrogen) atoms. The Morgan fingerprint density at radius 3 is 2.57 bits per heavy atom. The zero-order valence-electron chi connectivity index (χ0n) is 11.2. The molecule has 110 valence electrons.